The van der Waals surface area contributed by atoms with E-state index in [9.17, 15) is 0 Å². The maximum absolute atomic E-state index is 6.10. The second-order valence-electron chi connectivity index (χ2n) is 14.0. The normalized spacial score (nSPS) is 13.5. The van der Waals surface area contributed by atoms with Crippen molar-refractivity contribution in [3.8, 4) is 56.5 Å². The summed E-state index contributed by atoms with van der Waals surface area (Å²) in [6.45, 7) is 5.03. The number of aromatic nitrogens is 4. The highest BCUT2D eigenvalue weighted by atomic mass is 16.5. The lowest BCUT2D eigenvalue weighted by Gasteiger charge is -2.33. The predicted octanol–water partition coefficient (Wildman–Crippen LogP) is 11.3. The van der Waals surface area contributed by atoms with Crippen LogP contribution in [0.3, 0.4) is 0 Å². The molecular weight excluding hydrogens is 625 g/mol. The highest BCUT2D eigenvalue weighted by molar-refractivity contribution is 5.92. The van der Waals surface area contributed by atoms with Gasteiger partial charge in [-0.15, -0.1) is 0 Å². The fourth-order valence-electron chi connectivity index (χ4n) is 7.60. The SMILES string of the molecule is CC1(C)COc2cccc3nc(-c4ccc(-c5ccc6ccc(-c7ccc(-c8nc9ccccc9n8-c8ccccc8)cc7)cc6c5)cc4)n1c23. The Hall–Kier alpha value is -6.46. The van der Waals surface area contributed by atoms with Crippen LogP contribution in [-0.4, -0.2) is 25.7 Å². The predicted molar refractivity (Wildman–Crippen MR) is 208 cm³/mol. The van der Waals surface area contributed by atoms with Crippen LogP contribution in [0.4, 0.5) is 0 Å². The molecule has 0 amide bonds. The summed E-state index contributed by atoms with van der Waals surface area (Å²) in [6.07, 6.45) is 0. The van der Waals surface area contributed by atoms with Crippen molar-refractivity contribution in [1.29, 1.82) is 0 Å². The molecule has 9 aromatic rings. The van der Waals surface area contributed by atoms with Gasteiger partial charge in [0.2, 0.25) is 0 Å². The third kappa shape index (κ3) is 4.84. The van der Waals surface area contributed by atoms with Gasteiger partial charge in [0, 0.05) is 16.8 Å². The first-order valence-corrected chi connectivity index (χ1v) is 17.4. The van der Waals surface area contributed by atoms with Gasteiger partial charge in [0.05, 0.1) is 22.1 Å². The van der Waals surface area contributed by atoms with Crippen molar-refractivity contribution in [2.45, 2.75) is 19.4 Å². The minimum Gasteiger partial charge on any atom is -0.489 e. The van der Waals surface area contributed by atoms with Crippen LogP contribution < -0.4 is 4.74 Å². The molecule has 0 aliphatic carbocycles. The molecule has 10 rings (SSSR count). The highest BCUT2D eigenvalue weighted by Gasteiger charge is 2.33. The molecule has 0 unspecified atom stereocenters. The number of ether oxygens (including phenoxy) is 1. The molecule has 5 nitrogen and oxygen atoms in total. The highest BCUT2D eigenvalue weighted by Crippen LogP contribution is 2.40. The lowest BCUT2D eigenvalue weighted by atomic mass is 9.96. The Bertz CT molecular complexity index is 2760. The standard InChI is InChI=1S/C46H34N4O/c1-46(2)29-51-42-14-8-12-40-43(42)50(46)45(48-40)34-23-17-31(18-24-34)36-26-20-32-19-25-35(27-37(32)28-36)30-15-21-33(22-16-30)44-47-39-11-6-7-13-41(39)49(44)38-9-4-3-5-10-38/h3-28H,29H2,1-2H3. The van der Waals surface area contributed by atoms with Crippen LogP contribution in [0.1, 0.15) is 13.8 Å². The molecule has 7 aromatic carbocycles. The number of benzene rings is 7. The molecule has 0 atom stereocenters. The van der Waals surface area contributed by atoms with Crippen molar-refractivity contribution in [3.63, 3.8) is 0 Å². The van der Waals surface area contributed by atoms with E-state index >= 15 is 0 Å². The summed E-state index contributed by atoms with van der Waals surface area (Å²) in [4.78, 5) is 10.1. The van der Waals surface area contributed by atoms with E-state index in [1.807, 2.05) is 24.3 Å². The van der Waals surface area contributed by atoms with Crippen LogP contribution in [0.15, 0.2) is 158 Å². The summed E-state index contributed by atoms with van der Waals surface area (Å²) in [5.41, 5.74) is 11.9. The van der Waals surface area contributed by atoms with Gasteiger partial charge >= 0.3 is 0 Å². The molecule has 244 valence electrons. The van der Waals surface area contributed by atoms with Gasteiger partial charge in [0.1, 0.15) is 29.5 Å². The van der Waals surface area contributed by atoms with Crippen molar-refractivity contribution in [2.24, 2.45) is 0 Å². The van der Waals surface area contributed by atoms with Crippen molar-refractivity contribution in [2.75, 3.05) is 6.61 Å². The summed E-state index contributed by atoms with van der Waals surface area (Å²) in [6, 6.07) is 55.9. The van der Waals surface area contributed by atoms with Gasteiger partial charge in [-0.05, 0) is 95.4 Å². The van der Waals surface area contributed by atoms with E-state index in [-0.39, 0.29) is 5.54 Å². The maximum atomic E-state index is 6.10. The summed E-state index contributed by atoms with van der Waals surface area (Å²) in [5.74, 6) is 2.81. The molecule has 1 aliphatic rings. The molecule has 0 saturated carbocycles. The topological polar surface area (TPSA) is 44.9 Å². The van der Waals surface area contributed by atoms with Gasteiger partial charge in [-0.2, -0.15) is 0 Å². The summed E-state index contributed by atoms with van der Waals surface area (Å²) in [7, 11) is 0. The zero-order valence-electron chi connectivity index (χ0n) is 28.4. The molecule has 0 spiro atoms. The van der Waals surface area contributed by atoms with Crippen molar-refractivity contribution < 1.29 is 4.74 Å². The van der Waals surface area contributed by atoms with E-state index in [0.717, 1.165) is 56.3 Å². The fraction of sp³-hybridized carbons (Fsp3) is 0.0870. The van der Waals surface area contributed by atoms with E-state index in [4.69, 9.17) is 14.7 Å². The minimum absolute atomic E-state index is 0.202. The van der Waals surface area contributed by atoms with Crippen LogP contribution in [0.25, 0.3) is 83.6 Å². The molecule has 5 heteroatoms. The van der Waals surface area contributed by atoms with Crippen LogP contribution in [0.2, 0.25) is 0 Å². The monoisotopic (exact) mass is 658 g/mol. The Labute approximate surface area is 296 Å². The fourth-order valence-corrected chi connectivity index (χ4v) is 7.60. The molecular formula is C46H34N4O. The van der Waals surface area contributed by atoms with E-state index in [1.54, 1.807) is 0 Å². The smallest absolute Gasteiger partial charge is 0.145 e. The third-order valence-corrected chi connectivity index (χ3v) is 10.2. The quantitative estimate of drug-likeness (QED) is 0.185. The lowest BCUT2D eigenvalue weighted by molar-refractivity contribution is 0.173. The maximum Gasteiger partial charge on any atom is 0.145 e. The summed E-state index contributed by atoms with van der Waals surface area (Å²) < 4.78 is 10.7. The zero-order valence-corrected chi connectivity index (χ0v) is 28.4. The Morgan fingerprint density at radius 1 is 0.510 bits per heavy atom. The average Bonchev–Trinajstić information content (AvgIpc) is 3.78. The van der Waals surface area contributed by atoms with Gasteiger partial charge in [-0.1, -0.05) is 109 Å². The Balaban J connectivity index is 0.970. The van der Waals surface area contributed by atoms with Gasteiger partial charge in [-0.3, -0.25) is 4.57 Å². The number of imidazole rings is 2. The second-order valence-corrected chi connectivity index (χ2v) is 14.0. The molecule has 0 N–H and O–H groups in total. The molecule has 0 saturated heterocycles. The largest absolute Gasteiger partial charge is 0.489 e. The van der Waals surface area contributed by atoms with Crippen LogP contribution >= 0.6 is 0 Å². The summed E-state index contributed by atoms with van der Waals surface area (Å²) >= 11 is 0. The molecule has 3 heterocycles. The van der Waals surface area contributed by atoms with Crippen LogP contribution in [0.5, 0.6) is 5.75 Å². The van der Waals surface area contributed by atoms with Gasteiger partial charge in [0.15, 0.2) is 0 Å². The first-order valence-electron chi connectivity index (χ1n) is 17.4. The molecule has 1 aliphatic heterocycles. The number of rotatable bonds is 5. The molecule has 2 aromatic heterocycles. The Kier molecular flexibility index (Phi) is 6.52. The lowest BCUT2D eigenvalue weighted by Crippen LogP contribution is -2.36. The average molecular weight is 659 g/mol. The van der Waals surface area contributed by atoms with Crippen molar-refractivity contribution in [1.82, 2.24) is 19.1 Å². The van der Waals surface area contributed by atoms with E-state index in [1.165, 1.54) is 33.0 Å². The third-order valence-electron chi connectivity index (χ3n) is 10.2. The Morgan fingerprint density at radius 3 is 1.78 bits per heavy atom. The molecule has 0 bridgehead atoms. The van der Waals surface area contributed by atoms with E-state index < -0.39 is 0 Å². The van der Waals surface area contributed by atoms with Crippen molar-refractivity contribution in [3.05, 3.63) is 158 Å². The molecule has 0 fully saturated rings. The van der Waals surface area contributed by atoms with Gasteiger partial charge in [-0.25, -0.2) is 9.97 Å². The molecule has 0 radical (unpaired) electrons. The zero-order chi connectivity index (χ0) is 34.1. The minimum atomic E-state index is -0.202. The van der Waals surface area contributed by atoms with E-state index in [0.29, 0.717) is 6.61 Å². The number of hydrogen-bond acceptors (Lipinski definition) is 3. The molecule has 51 heavy (non-hydrogen) atoms. The van der Waals surface area contributed by atoms with E-state index in [2.05, 4.69) is 156 Å². The van der Waals surface area contributed by atoms with Gasteiger partial charge < -0.3 is 9.30 Å². The number of fused-ring (bicyclic) bond motifs is 2. The Morgan fingerprint density at radius 2 is 1.08 bits per heavy atom. The number of para-hydroxylation sites is 4. The number of nitrogens with zero attached hydrogens (tertiary/aromatic N) is 4. The first-order chi connectivity index (χ1) is 25.0. The summed E-state index contributed by atoms with van der Waals surface area (Å²) in [5, 5.41) is 2.43. The number of hydrogen-bond donors (Lipinski definition) is 0. The second kappa shape index (κ2) is 11.3. The van der Waals surface area contributed by atoms with Crippen LogP contribution in [0, 0.1) is 0 Å². The van der Waals surface area contributed by atoms with Gasteiger partial charge in [0.25, 0.3) is 0 Å². The van der Waals surface area contributed by atoms with Crippen LogP contribution in [-0.2, 0) is 5.54 Å². The van der Waals surface area contributed by atoms with Crippen molar-refractivity contribution >= 4 is 32.8 Å². The first kappa shape index (κ1) is 29.5.